The number of allylic oxidation sites excluding steroid dienone is 5. The van der Waals surface area contributed by atoms with Crippen LogP contribution in [0, 0.1) is 0 Å². The minimum atomic E-state index is -0.849. The first-order valence-corrected chi connectivity index (χ1v) is 26.8. The molecule has 1 amide bonds. The van der Waals surface area contributed by atoms with E-state index in [1.807, 2.05) is 6.08 Å². The van der Waals surface area contributed by atoms with Gasteiger partial charge in [-0.3, -0.25) is 9.59 Å². The van der Waals surface area contributed by atoms with Crippen LogP contribution in [0.4, 0.5) is 0 Å². The Morgan fingerprint density at radius 3 is 1.18 bits per heavy atom. The summed E-state index contributed by atoms with van der Waals surface area (Å²) in [6.07, 6.45) is 61.5. The molecule has 0 saturated carbocycles. The Kier molecular flexibility index (Phi) is 49.1. The topological polar surface area (TPSA) is 95.9 Å². The van der Waals surface area contributed by atoms with E-state index in [9.17, 15) is 19.8 Å². The van der Waals surface area contributed by atoms with Crippen LogP contribution >= 0.6 is 0 Å². The number of aliphatic hydroxyl groups is 2. The average Bonchev–Trinajstić information content (AvgIpc) is 3.26. The highest BCUT2D eigenvalue weighted by atomic mass is 16.5. The Balaban J connectivity index is 3.47. The highest BCUT2D eigenvalue weighted by Crippen LogP contribution is 2.15. The summed E-state index contributed by atoms with van der Waals surface area (Å²) < 4.78 is 5.46. The fraction of sp³-hybridized carbons (Fsp3) is 0.855. The monoisotopic (exact) mass is 858 g/mol. The highest BCUT2D eigenvalue weighted by Gasteiger charge is 2.18. The quantitative estimate of drug-likeness (QED) is 0.0322. The maximum Gasteiger partial charge on any atom is 0.305 e. The van der Waals surface area contributed by atoms with Gasteiger partial charge in [-0.1, -0.05) is 217 Å². The summed E-state index contributed by atoms with van der Waals surface area (Å²) in [5.74, 6) is -0.0859. The molecule has 61 heavy (non-hydrogen) atoms. The molecular formula is C55H103NO5. The van der Waals surface area contributed by atoms with Gasteiger partial charge in [0.2, 0.25) is 5.91 Å². The molecule has 0 rings (SSSR count). The molecule has 0 aliphatic rings. The number of carbonyl (C=O) groups excluding carboxylic acids is 2. The van der Waals surface area contributed by atoms with Crippen molar-refractivity contribution in [1.29, 1.82) is 0 Å². The van der Waals surface area contributed by atoms with E-state index in [4.69, 9.17) is 4.74 Å². The fourth-order valence-corrected chi connectivity index (χ4v) is 7.97. The smallest absolute Gasteiger partial charge is 0.305 e. The van der Waals surface area contributed by atoms with Crippen molar-refractivity contribution in [2.24, 2.45) is 0 Å². The number of esters is 1. The third kappa shape index (κ3) is 47.4. The molecule has 6 heteroatoms. The summed E-state index contributed by atoms with van der Waals surface area (Å²) >= 11 is 0. The van der Waals surface area contributed by atoms with Crippen molar-refractivity contribution in [3.63, 3.8) is 0 Å². The van der Waals surface area contributed by atoms with Gasteiger partial charge in [0, 0.05) is 12.8 Å². The molecule has 6 nitrogen and oxygen atoms in total. The van der Waals surface area contributed by atoms with Crippen LogP contribution in [0.3, 0.4) is 0 Å². The predicted octanol–water partition coefficient (Wildman–Crippen LogP) is 16.1. The number of amides is 1. The number of unbranched alkanes of at least 4 members (excludes halogenated alkanes) is 34. The van der Waals surface area contributed by atoms with Gasteiger partial charge in [0.05, 0.1) is 25.4 Å². The van der Waals surface area contributed by atoms with Crippen LogP contribution in [-0.4, -0.2) is 47.4 Å². The van der Waals surface area contributed by atoms with E-state index in [0.717, 1.165) is 51.4 Å². The Morgan fingerprint density at radius 1 is 0.443 bits per heavy atom. The molecule has 358 valence electrons. The first-order valence-electron chi connectivity index (χ1n) is 26.8. The second-order valence-corrected chi connectivity index (χ2v) is 18.2. The van der Waals surface area contributed by atoms with Crippen molar-refractivity contribution in [3.05, 3.63) is 36.5 Å². The maximum atomic E-state index is 12.4. The fourth-order valence-electron chi connectivity index (χ4n) is 7.97. The molecule has 2 atom stereocenters. The van der Waals surface area contributed by atoms with Gasteiger partial charge >= 0.3 is 5.97 Å². The van der Waals surface area contributed by atoms with Crippen LogP contribution < -0.4 is 5.32 Å². The SMILES string of the molecule is CCCCCC/C=C\CCCCCCCC(=O)OCCCCCCCCCC/C=C\CCCCCCCCCC(=O)NC(CO)C(O)/C=C/CCCCCCCCCCCC. The molecule has 0 fully saturated rings. The zero-order chi connectivity index (χ0) is 44.4. The number of hydrogen-bond donors (Lipinski definition) is 3. The van der Waals surface area contributed by atoms with Gasteiger partial charge in [0.15, 0.2) is 0 Å². The molecule has 3 N–H and O–H groups in total. The van der Waals surface area contributed by atoms with Crippen LogP contribution in [0.1, 0.15) is 277 Å². The van der Waals surface area contributed by atoms with Crippen molar-refractivity contribution < 1.29 is 24.5 Å². The second kappa shape index (κ2) is 50.7. The van der Waals surface area contributed by atoms with E-state index in [1.165, 1.54) is 199 Å². The number of hydrogen-bond acceptors (Lipinski definition) is 5. The summed E-state index contributed by atoms with van der Waals surface area (Å²) in [6, 6.07) is -0.634. The molecule has 0 aliphatic carbocycles. The molecule has 0 heterocycles. The van der Waals surface area contributed by atoms with Gasteiger partial charge in [-0.25, -0.2) is 0 Å². The highest BCUT2D eigenvalue weighted by molar-refractivity contribution is 5.76. The normalized spacial score (nSPS) is 12.9. The van der Waals surface area contributed by atoms with E-state index in [0.29, 0.717) is 19.4 Å². The maximum absolute atomic E-state index is 12.4. The zero-order valence-electron chi connectivity index (χ0n) is 40.6. The lowest BCUT2D eigenvalue weighted by Crippen LogP contribution is -2.45. The van der Waals surface area contributed by atoms with Gasteiger partial charge < -0.3 is 20.3 Å². The van der Waals surface area contributed by atoms with Crippen LogP contribution in [0.25, 0.3) is 0 Å². The van der Waals surface area contributed by atoms with Gasteiger partial charge in [-0.05, 0) is 83.5 Å². The third-order valence-corrected chi connectivity index (χ3v) is 12.1. The van der Waals surface area contributed by atoms with Gasteiger partial charge in [-0.15, -0.1) is 0 Å². The first-order chi connectivity index (χ1) is 30.0. The number of ether oxygens (including phenoxy) is 1. The average molecular weight is 858 g/mol. The molecule has 2 unspecified atom stereocenters. The van der Waals surface area contributed by atoms with Crippen molar-refractivity contribution in [2.75, 3.05) is 13.2 Å². The van der Waals surface area contributed by atoms with E-state index in [1.54, 1.807) is 6.08 Å². The summed E-state index contributed by atoms with van der Waals surface area (Å²) in [5.41, 5.74) is 0. The Hall–Kier alpha value is -1.92. The lowest BCUT2D eigenvalue weighted by molar-refractivity contribution is -0.143. The molecule has 0 bridgehead atoms. The van der Waals surface area contributed by atoms with Crippen LogP contribution in [-0.2, 0) is 14.3 Å². The Morgan fingerprint density at radius 2 is 0.770 bits per heavy atom. The first kappa shape index (κ1) is 59.1. The van der Waals surface area contributed by atoms with Gasteiger partial charge in [0.25, 0.3) is 0 Å². The largest absolute Gasteiger partial charge is 0.466 e. The molecule has 0 aromatic carbocycles. The third-order valence-electron chi connectivity index (χ3n) is 12.1. The van der Waals surface area contributed by atoms with Crippen molar-refractivity contribution in [2.45, 2.75) is 289 Å². The van der Waals surface area contributed by atoms with E-state index in [-0.39, 0.29) is 18.5 Å². The molecule has 0 spiro atoms. The molecule has 0 aliphatic heterocycles. The number of carbonyl (C=O) groups is 2. The second-order valence-electron chi connectivity index (χ2n) is 18.2. The molecule has 0 saturated heterocycles. The molecule has 0 radical (unpaired) electrons. The number of nitrogens with one attached hydrogen (secondary N) is 1. The lowest BCUT2D eigenvalue weighted by Gasteiger charge is -2.20. The van der Waals surface area contributed by atoms with Crippen LogP contribution in [0.5, 0.6) is 0 Å². The van der Waals surface area contributed by atoms with Crippen molar-refractivity contribution >= 4 is 11.9 Å². The molecular weight excluding hydrogens is 755 g/mol. The Bertz CT molecular complexity index is 993. The summed E-state index contributed by atoms with van der Waals surface area (Å²) in [4.78, 5) is 24.4. The zero-order valence-corrected chi connectivity index (χ0v) is 40.6. The van der Waals surface area contributed by atoms with E-state index >= 15 is 0 Å². The summed E-state index contributed by atoms with van der Waals surface area (Å²) in [5, 5.41) is 23.0. The standard InChI is InChI=1S/C55H103NO5/c1-3-5-7-9-11-13-15-24-29-33-37-41-45-49-55(60)61-50-46-42-38-34-30-26-23-21-19-17-18-20-22-25-28-32-36-40-44-48-54(59)56-52(51-57)53(58)47-43-39-35-31-27-16-14-12-10-8-6-4-2/h13,15,17-18,43,47,52-53,57-58H,3-12,14,16,19-42,44-46,48-51H2,1-2H3,(H,56,59)/b15-13-,18-17-,47-43+. The van der Waals surface area contributed by atoms with Gasteiger partial charge in [-0.2, -0.15) is 0 Å². The van der Waals surface area contributed by atoms with Crippen LogP contribution in [0.2, 0.25) is 0 Å². The number of rotatable bonds is 49. The Labute approximate surface area is 379 Å². The van der Waals surface area contributed by atoms with Crippen molar-refractivity contribution in [1.82, 2.24) is 5.32 Å². The van der Waals surface area contributed by atoms with E-state index < -0.39 is 12.1 Å². The van der Waals surface area contributed by atoms with Crippen LogP contribution in [0.15, 0.2) is 36.5 Å². The molecule has 0 aromatic heterocycles. The summed E-state index contributed by atoms with van der Waals surface area (Å²) in [6.45, 7) is 4.86. The summed E-state index contributed by atoms with van der Waals surface area (Å²) in [7, 11) is 0. The minimum absolute atomic E-state index is 0.00674. The minimum Gasteiger partial charge on any atom is -0.466 e. The van der Waals surface area contributed by atoms with E-state index in [2.05, 4.69) is 43.5 Å². The lowest BCUT2D eigenvalue weighted by atomic mass is 10.0. The van der Waals surface area contributed by atoms with Crippen molar-refractivity contribution in [3.8, 4) is 0 Å². The van der Waals surface area contributed by atoms with Gasteiger partial charge in [0.1, 0.15) is 0 Å². The predicted molar refractivity (Wildman–Crippen MR) is 264 cm³/mol. The number of aliphatic hydroxyl groups excluding tert-OH is 2. The molecule has 0 aromatic rings.